The summed E-state index contributed by atoms with van der Waals surface area (Å²) in [6.45, 7) is 0. The molecule has 0 unspecified atom stereocenters. The van der Waals surface area contributed by atoms with Crippen molar-refractivity contribution in [2.24, 2.45) is 0 Å². The Balaban J connectivity index is 2.04. The fraction of sp³-hybridized carbons (Fsp3) is 0.267. The average Bonchev–Trinajstić information content (AvgIpc) is 3.31. The smallest absolute Gasteiger partial charge is 0.339 e. The van der Waals surface area contributed by atoms with E-state index in [2.05, 4.69) is 9.97 Å². The van der Waals surface area contributed by atoms with Crippen LogP contribution < -0.4 is 4.74 Å². The van der Waals surface area contributed by atoms with Crippen LogP contribution in [0.25, 0.3) is 11.3 Å². The van der Waals surface area contributed by atoms with Crippen LogP contribution in [-0.4, -0.2) is 28.2 Å². The predicted molar refractivity (Wildman–Crippen MR) is 72.9 cm³/mol. The van der Waals surface area contributed by atoms with E-state index in [1.54, 1.807) is 6.20 Å². The third kappa shape index (κ3) is 2.56. The van der Waals surface area contributed by atoms with Crippen LogP contribution in [0.1, 0.15) is 34.8 Å². The molecule has 1 aliphatic carbocycles. The minimum absolute atomic E-state index is 0.0219. The highest BCUT2D eigenvalue weighted by atomic mass is 19.1. The number of nitrogens with zero attached hydrogens (tertiary/aromatic N) is 2. The van der Waals surface area contributed by atoms with Crippen molar-refractivity contribution >= 4 is 5.97 Å². The highest BCUT2D eigenvalue weighted by Crippen LogP contribution is 2.39. The van der Waals surface area contributed by atoms with E-state index in [4.69, 9.17) is 9.84 Å². The number of carboxylic acids is 1. The second kappa shape index (κ2) is 5.12. The lowest BCUT2D eigenvalue weighted by Gasteiger charge is -2.09. The van der Waals surface area contributed by atoms with E-state index >= 15 is 0 Å². The second-order valence-electron chi connectivity index (χ2n) is 4.94. The molecule has 0 radical (unpaired) electrons. The maximum atomic E-state index is 14.1. The largest absolute Gasteiger partial charge is 0.496 e. The lowest BCUT2D eigenvalue weighted by Crippen LogP contribution is -2.03. The molecule has 108 valence electrons. The van der Waals surface area contributed by atoms with Gasteiger partial charge in [0.1, 0.15) is 17.1 Å². The molecular formula is C15H13FN2O3. The van der Waals surface area contributed by atoms with Crippen LogP contribution in [0.4, 0.5) is 4.39 Å². The van der Waals surface area contributed by atoms with Gasteiger partial charge in [-0.2, -0.15) is 0 Å². The highest BCUT2D eigenvalue weighted by Gasteiger charge is 2.25. The van der Waals surface area contributed by atoms with Crippen LogP contribution in [0.15, 0.2) is 24.5 Å². The molecule has 21 heavy (non-hydrogen) atoms. The standard InChI is InChI=1S/C15H13FN2O3/c1-21-14-5-11(16)9(4-10(14)15(19)20)13-7-17-12(6-18-13)8-2-3-8/h4-8H,2-3H2,1H3,(H,19,20). The maximum Gasteiger partial charge on any atom is 0.339 e. The van der Waals surface area contributed by atoms with E-state index < -0.39 is 11.8 Å². The lowest BCUT2D eigenvalue weighted by molar-refractivity contribution is 0.0693. The summed E-state index contributed by atoms with van der Waals surface area (Å²) in [6.07, 6.45) is 5.31. The summed E-state index contributed by atoms with van der Waals surface area (Å²) in [5, 5.41) is 9.15. The van der Waals surface area contributed by atoms with Crippen molar-refractivity contribution in [1.29, 1.82) is 0 Å². The number of aromatic carboxylic acids is 1. The molecule has 1 aromatic heterocycles. The first-order chi connectivity index (χ1) is 10.1. The van der Waals surface area contributed by atoms with Crippen LogP contribution in [0.5, 0.6) is 5.75 Å². The Bertz CT molecular complexity index is 697. The average molecular weight is 288 g/mol. The van der Waals surface area contributed by atoms with E-state index in [0.717, 1.165) is 24.6 Å². The van der Waals surface area contributed by atoms with Gasteiger partial charge in [-0.15, -0.1) is 0 Å². The molecule has 1 saturated carbocycles. The number of carboxylic acid groups (broad SMARTS) is 1. The van der Waals surface area contributed by atoms with Crippen molar-refractivity contribution in [3.63, 3.8) is 0 Å². The highest BCUT2D eigenvalue weighted by molar-refractivity contribution is 5.92. The summed E-state index contributed by atoms with van der Waals surface area (Å²) in [6, 6.07) is 2.27. The van der Waals surface area contributed by atoms with Crippen LogP contribution in [-0.2, 0) is 0 Å². The quantitative estimate of drug-likeness (QED) is 0.936. The topological polar surface area (TPSA) is 72.3 Å². The van der Waals surface area contributed by atoms with Crippen molar-refractivity contribution in [1.82, 2.24) is 9.97 Å². The summed E-state index contributed by atoms with van der Waals surface area (Å²) in [4.78, 5) is 19.6. The van der Waals surface area contributed by atoms with E-state index in [1.165, 1.54) is 19.4 Å². The maximum absolute atomic E-state index is 14.1. The summed E-state index contributed by atoms with van der Waals surface area (Å²) in [7, 11) is 1.30. The molecule has 0 aliphatic heterocycles. The van der Waals surface area contributed by atoms with E-state index in [1.807, 2.05) is 0 Å². The first-order valence-electron chi connectivity index (χ1n) is 6.53. The van der Waals surface area contributed by atoms with E-state index in [0.29, 0.717) is 11.6 Å². The molecule has 1 heterocycles. The number of benzene rings is 1. The minimum atomic E-state index is -1.18. The minimum Gasteiger partial charge on any atom is -0.496 e. The van der Waals surface area contributed by atoms with Crippen molar-refractivity contribution < 1.29 is 19.0 Å². The zero-order valence-corrected chi connectivity index (χ0v) is 11.3. The fourth-order valence-corrected chi connectivity index (χ4v) is 2.15. The molecule has 6 heteroatoms. The van der Waals surface area contributed by atoms with Crippen molar-refractivity contribution in [2.45, 2.75) is 18.8 Å². The molecule has 1 aliphatic rings. The van der Waals surface area contributed by atoms with Crippen LogP contribution in [0.3, 0.4) is 0 Å². The van der Waals surface area contributed by atoms with Gasteiger partial charge in [0.05, 0.1) is 24.7 Å². The number of aromatic nitrogens is 2. The molecule has 0 saturated heterocycles. The molecule has 1 fully saturated rings. The van der Waals surface area contributed by atoms with Crippen LogP contribution in [0.2, 0.25) is 0 Å². The monoisotopic (exact) mass is 288 g/mol. The Labute approximate surface area is 120 Å². The first kappa shape index (κ1) is 13.5. The number of hydrogen-bond acceptors (Lipinski definition) is 4. The molecule has 0 spiro atoms. The molecule has 0 amide bonds. The zero-order valence-electron chi connectivity index (χ0n) is 11.3. The first-order valence-corrected chi connectivity index (χ1v) is 6.53. The van der Waals surface area contributed by atoms with Crippen molar-refractivity contribution in [3.05, 3.63) is 41.6 Å². The van der Waals surface area contributed by atoms with Gasteiger partial charge in [-0.3, -0.25) is 9.97 Å². The van der Waals surface area contributed by atoms with Gasteiger partial charge in [0.25, 0.3) is 0 Å². The van der Waals surface area contributed by atoms with Crippen LogP contribution >= 0.6 is 0 Å². The zero-order chi connectivity index (χ0) is 15.0. The Morgan fingerprint density at radius 2 is 2.10 bits per heavy atom. The van der Waals surface area contributed by atoms with Gasteiger partial charge >= 0.3 is 5.97 Å². The molecule has 3 rings (SSSR count). The Morgan fingerprint density at radius 3 is 2.62 bits per heavy atom. The van der Waals surface area contributed by atoms with Gasteiger partial charge in [0.2, 0.25) is 0 Å². The molecule has 1 N–H and O–H groups in total. The SMILES string of the molecule is COc1cc(F)c(-c2cnc(C3CC3)cn2)cc1C(=O)O. The Morgan fingerprint density at radius 1 is 1.33 bits per heavy atom. The van der Waals surface area contributed by atoms with E-state index in [-0.39, 0.29) is 16.9 Å². The third-order valence-electron chi connectivity index (χ3n) is 3.46. The van der Waals surface area contributed by atoms with Gasteiger partial charge in [0.15, 0.2) is 0 Å². The summed E-state index contributed by atoms with van der Waals surface area (Å²) in [5.41, 5.74) is 1.19. The van der Waals surface area contributed by atoms with E-state index in [9.17, 15) is 9.18 Å². The number of carbonyl (C=O) groups is 1. The van der Waals surface area contributed by atoms with Gasteiger partial charge in [-0.25, -0.2) is 9.18 Å². The molecule has 5 nitrogen and oxygen atoms in total. The number of hydrogen-bond donors (Lipinski definition) is 1. The summed E-state index contributed by atoms with van der Waals surface area (Å²) in [5.74, 6) is -1.34. The molecule has 1 aromatic carbocycles. The van der Waals surface area contributed by atoms with Crippen molar-refractivity contribution in [2.75, 3.05) is 7.11 Å². The van der Waals surface area contributed by atoms with Gasteiger partial charge in [0, 0.05) is 23.7 Å². The normalized spacial score (nSPS) is 14.0. The second-order valence-corrected chi connectivity index (χ2v) is 4.94. The number of rotatable bonds is 4. The third-order valence-corrected chi connectivity index (χ3v) is 3.46. The predicted octanol–water partition coefficient (Wildman–Crippen LogP) is 2.87. The lowest BCUT2D eigenvalue weighted by atomic mass is 10.1. The molecule has 0 atom stereocenters. The van der Waals surface area contributed by atoms with Crippen LogP contribution in [0, 0.1) is 5.82 Å². The molecular weight excluding hydrogens is 275 g/mol. The Hall–Kier alpha value is -2.50. The number of methoxy groups -OCH3 is 1. The number of ether oxygens (including phenoxy) is 1. The molecule has 2 aromatic rings. The number of halogens is 1. The summed E-state index contributed by atoms with van der Waals surface area (Å²) < 4.78 is 19.0. The Kier molecular flexibility index (Phi) is 3.29. The van der Waals surface area contributed by atoms with Gasteiger partial charge < -0.3 is 9.84 Å². The fourth-order valence-electron chi connectivity index (χ4n) is 2.15. The van der Waals surface area contributed by atoms with Crippen molar-refractivity contribution in [3.8, 4) is 17.0 Å². The van der Waals surface area contributed by atoms with Gasteiger partial charge in [-0.05, 0) is 18.9 Å². The van der Waals surface area contributed by atoms with Gasteiger partial charge in [-0.1, -0.05) is 0 Å². The molecule has 0 bridgehead atoms. The summed E-state index contributed by atoms with van der Waals surface area (Å²) >= 11 is 0.